The summed E-state index contributed by atoms with van der Waals surface area (Å²) in [6.45, 7) is 0. The Hall–Kier alpha value is -0.360. The SMILES string of the molecule is O=C1C=C(S(=O)(=O)O)C(=O)C(S(=O)(=O)O)=C1.[H-].[Na+]. The summed E-state index contributed by atoms with van der Waals surface area (Å²) >= 11 is 0. The number of hydrogen-bond donors (Lipinski definition) is 2. The van der Waals surface area contributed by atoms with Crippen LogP contribution in [-0.4, -0.2) is 37.5 Å². The van der Waals surface area contributed by atoms with Crippen LogP contribution in [0.1, 0.15) is 1.43 Å². The fourth-order valence-electron chi connectivity index (χ4n) is 0.936. The van der Waals surface area contributed by atoms with Crippen LogP contribution in [0.5, 0.6) is 0 Å². The average Bonchev–Trinajstić information content (AvgIpc) is 2.04. The number of hydrogen-bond acceptors (Lipinski definition) is 6. The molecule has 0 unspecified atom stereocenters. The molecule has 0 amide bonds. The van der Waals surface area contributed by atoms with Gasteiger partial charge in [-0.15, -0.1) is 0 Å². The predicted octanol–water partition coefficient (Wildman–Crippen LogP) is -4.20. The minimum atomic E-state index is -5.03. The summed E-state index contributed by atoms with van der Waals surface area (Å²) in [4.78, 5) is 19.3. The quantitative estimate of drug-likeness (QED) is 0.296. The largest absolute Gasteiger partial charge is 1.00 e. The first-order valence-electron chi connectivity index (χ1n) is 3.50. The minimum Gasteiger partial charge on any atom is -1.00 e. The molecule has 0 spiro atoms. The van der Waals surface area contributed by atoms with Gasteiger partial charge in [0, 0.05) is 12.2 Å². The molecule has 1 rings (SSSR count). The third-order valence-corrected chi connectivity index (χ3v) is 3.27. The van der Waals surface area contributed by atoms with Gasteiger partial charge in [-0.25, -0.2) is 0 Å². The smallest absolute Gasteiger partial charge is 1.00 e. The standard InChI is InChI=1S/C6H4O8S2.Na.H/c7-3-1-4(15(9,10)11)6(8)5(2-3)16(12,13)14;;/h1-2H,(H,9,10,11)(H,12,13,14);;/q;+1;-1. The van der Waals surface area contributed by atoms with E-state index in [0.717, 1.165) is 0 Å². The molecule has 0 bridgehead atoms. The molecule has 0 aromatic rings. The van der Waals surface area contributed by atoms with Gasteiger partial charge in [0.05, 0.1) is 0 Å². The van der Waals surface area contributed by atoms with Gasteiger partial charge in [0.15, 0.2) is 5.78 Å². The Morgan fingerprint density at radius 2 is 1.18 bits per heavy atom. The van der Waals surface area contributed by atoms with Gasteiger partial charge in [0.1, 0.15) is 9.81 Å². The van der Waals surface area contributed by atoms with Crippen LogP contribution in [0.4, 0.5) is 0 Å². The van der Waals surface area contributed by atoms with Crippen molar-refractivity contribution in [1.82, 2.24) is 0 Å². The van der Waals surface area contributed by atoms with Crippen molar-refractivity contribution in [2.24, 2.45) is 0 Å². The maximum Gasteiger partial charge on any atom is 1.00 e. The van der Waals surface area contributed by atoms with Crippen molar-refractivity contribution in [2.45, 2.75) is 0 Å². The second-order valence-corrected chi connectivity index (χ2v) is 5.48. The van der Waals surface area contributed by atoms with Gasteiger partial charge in [-0.2, -0.15) is 16.8 Å². The Labute approximate surface area is 120 Å². The topological polar surface area (TPSA) is 143 Å². The number of Topliss-reactive ketones (excluding diaryl/α,β-unsaturated/α-hetero) is 1. The van der Waals surface area contributed by atoms with Crippen molar-refractivity contribution in [3.05, 3.63) is 22.0 Å². The van der Waals surface area contributed by atoms with E-state index in [2.05, 4.69) is 0 Å². The van der Waals surface area contributed by atoms with Gasteiger partial charge in [0.25, 0.3) is 20.2 Å². The zero-order chi connectivity index (χ0) is 12.7. The zero-order valence-corrected chi connectivity index (χ0v) is 11.9. The van der Waals surface area contributed by atoms with Gasteiger partial charge in [0.2, 0.25) is 5.78 Å². The Kier molecular flexibility index (Phi) is 4.99. The van der Waals surface area contributed by atoms with E-state index in [1.165, 1.54) is 0 Å². The van der Waals surface area contributed by atoms with E-state index < -0.39 is 41.6 Å². The fraction of sp³-hybridized carbons (Fsp3) is 0. The molecular weight excluding hydrogens is 287 g/mol. The first kappa shape index (κ1) is 16.6. The molecule has 0 saturated carbocycles. The first-order chi connectivity index (χ1) is 7.03. The molecule has 0 radical (unpaired) electrons. The van der Waals surface area contributed by atoms with Crippen LogP contribution in [0, 0.1) is 0 Å². The molecule has 0 aromatic heterocycles. The van der Waals surface area contributed by atoms with E-state index in [1.807, 2.05) is 0 Å². The van der Waals surface area contributed by atoms with Gasteiger partial charge in [-0.05, 0) is 0 Å². The van der Waals surface area contributed by atoms with Crippen molar-refractivity contribution in [2.75, 3.05) is 0 Å². The predicted molar refractivity (Wildman–Crippen MR) is 50.4 cm³/mol. The molecule has 11 heteroatoms. The molecule has 1 aliphatic carbocycles. The summed E-state index contributed by atoms with van der Waals surface area (Å²) in [6.07, 6.45) is 0.513. The van der Waals surface area contributed by atoms with E-state index in [0.29, 0.717) is 0 Å². The van der Waals surface area contributed by atoms with Gasteiger partial charge in [-0.3, -0.25) is 18.7 Å². The molecule has 0 aromatic carbocycles. The maximum atomic E-state index is 11.2. The average molecular weight is 292 g/mol. The van der Waals surface area contributed by atoms with Gasteiger partial charge < -0.3 is 1.43 Å². The fourth-order valence-corrected chi connectivity index (χ4v) is 2.22. The normalized spacial score (nSPS) is 17.1. The first-order valence-corrected chi connectivity index (χ1v) is 6.38. The molecule has 17 heavy (non-hydrogen) atoms. The van der Waals surface area contributed by atoms with E-state index in [1.54, 1.807) is 0 Å². The summed E-state index contributed by atoms with van der Waals surface area (Å²) in [5.74, 6) is -2.82. The van der Waals surface area contributed by atoms with Crippen LogP contribution in [0.25, 0.3) is 0 Å². The minimum absolute atomic E-state index is 0. The van der Waals surface area contributed by atoms with Crippen molar-refractivity contribution in [3.8, 4) is 0 Å². The molecule has 0 heterocycles. The Morgan fingerprint density at radius 1 is 0.882 bits per heavy atom. The van der Waals surface area contributed by atoms with Crippen molar-refractivity contribution in [3.63, 3.8) is 0 Å². The summed E-state index contributed by atoms with van der Waals surface area (Å²) in [7, 11) is -10.1. The molecule has 1 aliphatic rings. The third kappa shape index (κ3) is 3.81. The van der Waals surface area contributed by atoms with E-state index in [-0.39, 0.29) is 43.1 Å². The van der Waals surface area contributed by atoms with Crippen LogP contribution in [-0.2, 0) is 29.8 Å². The Balaban J connectivity index is 0. The van der Waals surface area contributed by atoms with E-state index >= 15 is 0 Å². The van der Waals surface area contributed by atoms with Crippen LogP contribution in [0.15, 0.2) is 22.0 Å². The Morgan fingerprint density at radius 3 is 1.41 bits per heavy atom. The van der Waals surface area contributed by atoms with E-state index in [9.17, 15) is 26.4 Å². The molecule has 0 aliphatic heterocycles. The van der Waals surface area contributed by atoms with Gasteiger partial charge in [-0.1, -0.05) is 0 Å². The third-order valence-electron chi connectivity index (χ3n) is 1.55. The molecule has 0 saturated heterocycles. The van der Waals surface area contributed by atoms with E-state index in [4.69, 9.17) is 9.11 Å². The maximum absolute atomic E-state index is 11.2. The van der Waals surface area contributed by atoms with Crippen LogP contribution < -0.4 is 29.6 Å². The van der Waals surface area contributed by atoms with Crippen molar-refractivity contribution < 1.29 is 66.5 Å². The van der Waals surface area contributed by atoms with Crippen LogP contribution >= 0.6 is 0 Å². The number of allylic oxidation sites excluding steroid dienone is 4. The molecule has 0 fully saturated rings. The number of carbonyl (C=O) groups is 2. The second kappa shape index (κ2) is 5.10. The summed E-state index contributed by atoms with van der Waals surface area (Å²) < 4.78 is 59.6. The summed E-state index contributed by atoms with van der Waals surface area (Å²) in [6, 6.07) is 0. The molecule has 90 valence electrons. The van der Waals surface area contributed by atoms with Gasteiger partial charge >= 0.3 is 29.6 Å². The summed E-state index contributed by atoms with van der Waals surface area (Å²) in [5.41, 5.74) is 0. The van der Waals surface area contributed by atoms with Crippen LogP contribution in [0.2, 0.25) is 0 Å². The second-order valence-electron chi connectivity index (χ2n) is 2.70. The molecule has 0 atom stereocenters. The molecular formula is C6H5NaO8S2. The molecule has 8 nitrogen and oxygen atoms in total. The summed E-state index contributed by atoms with van der Waals surface area (Å²) in [5, 5.41) is 0. The van der Waals surface area contributed by atoms with Crippen molar-refractivity contribution in [1.29, 1.82) is 0 Å². The van der Waals surface area contributed by atoms with Crippen LogP contribution in [0.3, 0.4) is 0 Å². The zero-order valence-electron chi connectivity index (χ0n) is 9.32. The number of carbonyl (C=O) groups excluding carboxylic acids is 2. The molecule has 2 N–H and O–H groups in total. The Bertz CT molecular complexity index is 587. The monoisotopic (exact) mass is 292 g/mol. The number of rotatable bonds is 2. The van der Waals surface area contributed by atoms with Crippen molar-refractivity contribution >= 4 is 31.8 Å². The number of ketones is 2.